The highest BCUT2D eigenvalue weighted by atomic mass is 16.7. The van der Waals surface area contributed by atoms with E-state index in [0.717, 1.165) is 37.1 Å². The van der Waals surface area contributed by atoms with Gasteiger partial charge in [0.25, 0.3) is 0 Å². The summed E-state index contributed by atoms with van der Waals surface area (Å²) in [5, 5.41) is 4.34. The minimum absolute atomic E-state index is 0.0575. The molecule has 0 saturated heterocycles. The van der Waals surface area contributed by atoms with Gasteiger partial charge < -0.3 is 0 Å². The number of benzene rings is 3. The van der Waals surface area contributed by atoms with Gasteiger partial charge in [-0.15, -0.1) is 0 Å². The van der Waals surface area contributed by atoms with Crippen molar-refractivity contribution in [2.75, 3.05) is 23.3 Å². The molecule has 2 heterocycles. The molecule has 36 heavy (non-hydrogen) atoms. The van der Waals surface area contributed by atoms with Crippen LogP contribution in [-0.4, -0.2) is 24.3 Å². The number of aryl methyl sites for hydroxylation is 2. The van der Waals surface area contributed by atoms with Crippen molar-refractivity contribution in [3.63, 3.8) is 0 Å². The third kappa shape index (κ3) is 3.28. The topological polar surface area (TPSA) is 24.9 Å². The van der Waals surface area contributed by atoms with Gasteiger partial charge in [-0.2, -0.15) is 0 Å². The normalized spacial score (nSPS) is 21.4. The zero-order chi connectivity index (χ0) is 24.3. The van der Waals surface area contributed by atoms with Gasteiger partial charge in [0.2, 0.25) is 0 Å². The molecule has 0 N–H and O–H groups in total. The van der Waals surface area contributed by atoms with Gasteiger partial charge in [0.15, 0.2) is 0 Å². The molecule has 0 atom stereocenters. The molecule has 0 aromatic heterocycles. The lowest BCUT2D eigenvalue weighted by molar-refractivity contribution is 0.107. The van der Waals surface area contributed by atoms with Crippen molar-refractivity contribution in [1.82, 2.24) is 0 Å². The molecular weight excluding hydrogens is 444 g/mol. The van der Waals surface area contributed by atoms with Gasteiger partial charge in [-0.25, -0.2) is 10.1 Å². The minimum Gasteiger partial charge on any atom is -0.268 e. The summed E-state index contributed by atoms with van der Waals surface area (Å²) in [6, 6.07) is 25.9. The average molecular weight is 477 g/mol. The summed E-state index contributed by atoms with van der Waals surface area (Å²) >= 11 is 0. The highest BCUT2D eigenvalue weighted by molar-refractivity contribution is 5.87. The quantitative estimate of drug-likeness (QED) is 0.403. The number of hydroxylamine groups is 2. The molecule has 182 valence electrons. The van der Waals surface area contributed by atoms with Crippen LogP contribution in [0.1, 0.15) is 47.9 Å². The fraction of sp³-hybridized carbons (Fsp3) is 0.312. The molecule has 3 aromatic rings. The Kier molecular flexibility index (Phi) is 4.92. The fourth-order valence-electron chi connectivity index (χ4n) is 6.31. The lowest BCUT2D eigenvalue weighted by Gasteiger charge is -2.39. The molecule has 2 saturated carbocycles. The smallest absolute Gasteiger partial charge is 0.0937 e. The summed E-state index contributed by atoms with van der Waals surface area (Å²) in [6.07, 6.45) is 9.08. The molecule has 2 spiro atoms. The van der Waals surface area contributed by atoms with Crippen LogP contribution in [0, 0.1) is 13.8 Å². The maximum absolute atomic E-state index is 6.20. The van der Waals surface area contributed by atoms with Crippen molar-refractivity contribution in [2.45, 2.75) is 50.6 Å². The largest absolute Gasteiger partial charge is 0.268 e. The molecule has 7 rings (SSSR count). The predicted octanol–water partition coefficient (Wildman–Crippen LogP) is 7.04. The SMILES string of the molecule is Cc1cc(C2=CCON(c3ccccc3)C23CC3)c(C)cc1C1=CCON(c2ccccc2)C12CC2. The van der Waals surface area contributed by atoms with Crippen molar-refractivity contribution in [1.29, 1.82) is 0 Å². The summed E-state index contributed by atoms with van der Waals surface area (Å²) in [4.78, 5) is 12.4. The van der Waals surface area contributed by atoms with E-state index >= 15 is 0 Å². The van der Waals surface area contributed by atoms with E-state index in [0.29, 0.717) is 13.2 Å². The Labute approximate surface area is 213 Å². The van der Waals surface area contributed by atoms with Crippen LogP contribution in [0.25, 0.3) is 11.1 Å². The van der Waals surface area contributed by atoms with E-state index in [9.17, 15) is 0 Å². The van der Waals surface area contributed by atoms with Gasteiger partial charge in [-0.3, -0.25) is 9.68 Å². The third-order valence-corrected chi connectivity index (χ3v) is 8.34. The summed E-state index contributed by atoms with van der Waals surface area (Å²) in [7, 11) is 0. The Balaban J connectivity index is 1.25. The summed E-state index contributed by atoms with van der Waals surface area (Å²) in [6.45, 7) is 5.74. The maximum atomic E-state index is 6.20. The van der Waals surface area contributed by atoms with Crippen molar-refractivity contribution in [3.8, 4) is 0 Å². The van der Waals surface area contributed by atoms with Crippen LogP contribution in [-0.2, 0) is 9.68 Å². The number of para-hydroxylation sites is 2. The molecule has 4 nitrogen and oxygen atoms in total. The summed E-state index contributed by atoms with van der Waals surface area (Å²) in [5.41, 5.74) is 10.4. The molecule has 0 bridgehead atoms. The second-order valence-corrected chi connectivity index (χ2v) is 10.6. The van der Waals surface area contributed by atoms with Crippen LogP contribution in [0.2, 0.25) is 0 Å². The molecule has 3 aromatic carbocycles. The molecule has 4 heteroatoms. The molecule has 0 radical (unpaired) electrons. The number of nitrogens with zero attached hydrogens (tertiary/aromatic N) is 2. The molecule has 0 unspecified atom stereocenters. The van der Waals surface area contributed by atoms with Crippen molar-refractivity contribution in [2.24, 2.45) is 0 Å². The highest BCUT2D eigenvalue weighted by Crippen LogP contribution is 2.57. The summed E-state index contributed by atoms with van der Waals surface area (Å²) < 4.78 is 0. The van der Waals surface area contributed by atoms with Crippen molar-refractivity contribution < 1.29 is 9.68 Å². The Morgan fingerprint density at radius 1 is 0.583 bits per heavy atom. The molecule has 2 aliphatic carbocycles. The Hall–Kier alpha value is -3.34. The third-order valence-electron chi connectivity index (χ3n) is 8.34. The van der Waals surface area contributed by atoms with Crippen LogP contribution >= 0.6 is 0 Å². The first-order chi connectivity index (χ1) is 17.6. The molecular formula is C32H32N2O2. The van der Waals surface area contributed by atoms with E-state index in [2.05, 4.69) is 109 Å². The molecule has 2 aliphatic heterocycles. The van der Waals surface area contributed by atoms with Gasteiger partial charge in [0.05, 0.1) is 35.7 Å². The number of hydrogen-bond donors (Lipinski definition) is 0. The zero-order valence-electron chi connectivity index (χ0n) is 21.0. The summed E-state index contributed by atoms with van der Waals surface area (Å²) in [5.74, 6) is 0. The van der Waals surface area contributed by atoms with E-state index in [4.69, 9.17) is 9.68 Å². The van der Waals surface area contributed by atoms with Crippen LogP contribution < -0.4 is 10.1 Å². The van der Waals surface area contributed by atoms with Gasteiger partial charge in [-0.1, -0.05) is 60.7 Å². The molecule has 4 aliphatic rings. The molecule has 2 fully saturated rings. The second kappa shape index (κ2) is 8.09. The van der Waals surface area contributed by atoms with Gasteiger partial charge in [-0.05, 0) is 97.2 Å². The van der Waals surface area contributed by atoms with Crippen LogP contribution in [0.5, 0.6) is 0 Å². The monoisotopic (exact) mass is 476 g/mol. The standard InChI is InChI=1S/C32H32N2O2/c1-23-21-28(30-14-20-36-34(32(30)17-18-32)26-11-7-4-8-12-26)24(2)22-27(23)29-13-19-35-33(31(29)15-16-31)25-9-5-3-6-10-25/h3-14,21-22H,15-20H2,1-2H3. The zero-order valence-corrected chi connectivity index (χ0v) is 21.0. The van der Waals surface area contributed by atoms with Crippen molar-refractivity contribution in [3.05, 3.63) is 107 Å². The first-order valence-corrected chi connectivity index (χ1v) is 13.1. The van der Waals surface area contributed by atoms with Crippen molar-refractivity contribution >= 4 is 22.5 Å². The van der Waals surface area contributed by atoms with E-state index in [1.165, 1.54) is 33.4 Å². The Morgan fingerprint density at radius 2 is 0.972 bits per heavy atom. The van der Waals surface area contributed by atoms with E-state index in [1.54, 1.807) is 0 Å². The Bertz CT molecular complexity index is 1260. The fourth-order valence-corrected chi connectivity index (χ4v) is 6.31. The maximum Gasteiger partial charge on any atom is 0.0937 e. The van der Waals surface area contributed by atoms with E-state index < -0.39 is 0 Å². The van der Waals surface area contributed by atoms with E-state index in [-0.39, 0.29) is 11.1 Å². The second-order valence-electron chi connectivity index (χ2n) is 10.6. The van der Waals surface area contributed by atoms with Crippen LogP contribution in [0.15, 0.2) is 84.9 Å². The van der Waals surface area contributed by atoms with E-state index in [1.807, 2.05) is 0 Å². The van der Waals surface area contributed by atoms with Crippen LogP contribution in [0.4, 0.5) is 11.4 Å². The number of anilines is 2. The van der Waals surface area contributed by atoms with Gasteiger partial charge in [0.1, 0.15) is 0 Å². The minimum atomic E-state index is -0.0575. The average Bonchev–Trinajstić information content (AvgIpc) is 3.85. The predicted molar refractivity (Wildman–Crippen MR) is 146 cm³/mol. The lowest BCUT2D eigenvalue weighted by atomic mass is 9.84. The lowest BCUT2D eigenvalue weighted by Crippen LogP contribution is -2.42. The first-order valence-electron chi connectivity index (χ1n) is 13.1. The first kappa shape index (κ1) is 21.9. The van der Waals surface area contributed by atoms with Gasteiger partial charge >= 0.3 is 0 Å². The Morgan fingerprint density at radius 3 is 1.33 bits per heavy atom. The van der Waals surface area contributed by atoms with Crippen LogP contribution in [0.3, 0.4) is 0 Å². The number of hydrogen-bond acceptors (Lipinski definition) is 4. The molecule has 0 amide bonds. The van der Waals surface area contributed by atoms with Gasteiger partial charge in [0, 0.05) is 0 Å². The number of rotatable bonds is 4. The highest BCUT2D eigenvalue weighted by Gasteiger charge is 2.56.